The molecule has 38 heavy (non-hydrogen) atoms. The average molecular weight is 538 g/mol. The van der Waals surface area contributed by atoms with E-state index in [1.165, 1.54) is 18.3 Å². The van der Waals surface area contributed by atoms with Crippen LogP contribution in [0.4, 0.5) is 18.9 Å². The number of alkyl halides is 3. The van der Waals surface area contributed by atoms with Crippen molar-refractivity contribution in [1.82, 2.24) is 25.4 Å². The molecular formula is C26H22F3N7OS. The molecule has 0 aliphatic heterocycles. The van der Waals surface area contributed by atoms with Crippen molar-refractivity contribution in [2.24, 2.45) is 5.10 Å². The number of benzene rings is 2. The highest BCUT2D eigenvalue weighted by Crippen LogP contribution is 2.40. The second-order valence-electron chi connectivity index (χ2n) is 8.72. The number of halogens is 3. The molecule has 0 radical (unpaired) electrons. The van der Waals surface area contributed by atoms with E-state index in [9.17, 15) is 13.2 Å². The lowest BCUT2D eigenvalue weighted by molar-refractivity contribution is -0.274. The molecule has 0 amide bonds. The Balaban J connectivity index is 1.32. The highest BCUT2D eigenvalue weighted by molar-refractivity contribution is 7.80. The summed E-state index contributed by atoms with van der Waals surface area (Å²) in [5.74, 6) is -0.0923. The zero-order chi connectivity index (χ0) is 26.9. The number of fused-ring (bicyclic) bond motifs is 3. The molecule has 0 spiro atoms. The van der Waals surface area contributed by atoms with Gasteiger partial charge in [-0.3, -0.25) is 5.43 Å². The first-order valence-corrected chi connectivity index (χ1v) is 12.0. The summed E-state index contributed by atoms with van der Waals surface area (Å²) < 4.78 is 41.6. The van der Waals surface area contributed by atoms with Crippen molar-refractivity contribution in [2.75, 3.05) is 5.32 Å². The number of ether oxygens (including phenoxy) is 1. The molecule has 1 unspecified atom stereocenters. The van der Waals surface area contributed by atoms with Crippen LogP contribution in [-0.2, 0) is 6.42 Å². The number of hydrogen-bond donors (Lipinski definition) is 3. The fourth-order valence-corrected chi connectivity index (χ4v) is 4.57. The molecule has 2 aromatic heterocycles. The Hall–Kier alpha value is -4.32. The number of para-hydroxylation sites is 1. The Morgan fingerprint density at radius 1 is 1.13 bits per heavy atom. The highest BCUT2D eigenvalue weighted by atomic mass is 32.1. The van der Waals surface area contributed by atoms with Gasteiger partial charge < -0.3 is 15.0 Å². The van der Waals surface area contributed by atoms with Gasteiger partial charge in [0.15, 0.2) is 10.9 Å². The van der Waals surface area contributed by atoms with Gasteiger partial charge in [-0.25, -0.2) is 15.0 Å². The predicted octanol–water partition coefficient (Wildman–Crippen LogP) is 5.39. The molecule has 2 heterocycles. The van der Waals surface area contributed by atoms with E-state index < -0.39 is 6.36 Å². The molecule has 1 atom stereocenters. The van der Waals surface area contributed by atoms with E-state index >= 15 is 0 Å². The maximum Gasteiger partial charge on any atom is 0.573 e. The number of hydrazone groups is 1. The second-order valence-corrected chi connectivity index (χ2v) is 9.13. The van der Waals surface area contributed by atoms with Gasteiger partial charge in [0, 0.05) is 29.8 Å². The summed E-state index contributed by atoms with van der Waals surface area (Å²) in [4.78, 5) is 16.6. The molecule has 12 heteroatoms. The molecule has 4 aromatic rings. The average Bonchev–Trinajstić information content (AvgIpc) is 3.36. The third kappa shape index (κ3) is 5.49. The lowest BCUT2D eigenvalue weighted by Gasteiger charge is -2.24. The van der Waals surface area contributed by atoms with E-state index in [1.54, 1.807) is 24.7 Å². The Bertz CT molecular complexity index is 1500. The minimum atomic E-state index is -4.75. The maximum atomic E-state index is 12.5. The monoisotopic (exact) mass is 537 g/mol. The smallest absolute Gasteiger partial charge is 0.406 e. The lowest BCUT2D eigenvalue weighted by Crippen LogP contribution is -2.25. The predicted molar refractivity (Wildman–Crippen MR) is 141 cm³/mol. The van der Waals surface area contributed by atoms with Gasteiger partial charge in [-0.2, -0.15) is 5.10 Å². The van der Waals surface area contributed by atoms with Gasteiger partial charge in [-0.05, 0) is 54.9 Å². The largest absolute Gasteiger partial charge is 0.573 e. The summed E-state index contributed by atoms with van der Waals surface area (Å²) >= 11 is 5.35. The molecule has 0 fully saturated rings. The molecular weight excluding hydrogens is 515 g/mol. The van der Waals surface area contributed by atoms with Gasteiger partial charge in [-0.1, -0.05) is 30.3 Å². The molecule has 5 rings (SSSR count). The van der Waals surface area contributed by atoms with E-state index in [-0.39, 0.29) is 11.7 Å². The van der Waals surface area contributed by atoms with Gasteiger partial charge in [0.2, 0.25) is 0 Å². The number of aromatic amines is 1. The van der Waals surface area contributed by atoms with Crippen molar-refractivity contribution < 1.29 is 17.9 Å². The number of imidazole rings is 1. The number of rotatable bonds is 5. The summed E-state index contributed by atoms with van der Waals surface area (Å²) in [6, 6.07) is 11.8. The Labute approximate surface area is 221 Å². The molecule has 8 nitrogen and oxygen atoms in total. The third-order valence-electron chi connectivity index (χ3n) is 6.14. The van der Waals surface area contributed by atoms with Gasteiger partial charge >= 0.3 is 6.36 Å². The first kappa shape index (κ1) is 25.3. The Morgan fingerprint density at radius 3 is 2.58 bits per heavy atom. The van der Waals surface area contributed by atoms with Crippen LogP contribution in [0.25, 0.3) is 11.3 Å². The summed E-state index contributed by atoms with van der Waals surface area (Å²) in [5.41, 5.74) is 9.70. The molecule has 0 saturated carbocycles. The zero-order valence-electron chi connectivity index (χ0n) is 20.3. The molecule has 3 N–H and O–H groups in total. The molecule has 1 aliphatic carbocycles. The van der Waals surface area contributed by atoms with Crippen LogP contribution in [0.3, 0.4) is 0 Å². The molecule has 0 bridgehead atoms. The number of aromatic nitrogens is 4. The maximum absolute atomic E-state index is 12.5. The quantitative estimate of drug-likeness (QED) is 0.178. The first-order valence-electron chi connectivity index (χ1n) is 11.6. The molecule has 1 aliphatic rings. The fourth-order valence-electron chi connectivity index (χ4n) is 4.42. The summed E-state index contributed by atoms with van der Waals surface area (Å²) in [5, 5.41) is 7.64. The Morgan fingerprint density at radius 2 is 1.87 bits per heavy atom. The molecule has 0 saturated heterocycles. The van der Waals surface area contributed by atoms with Crippen LogP contribution in [0.2, 0.25) is 0 Å². The Kier molecular flexibility index (Phi) is 6.81. The molecule has 194 valence electrons. The van der Waals surface area contributed by atoms with Crippen LogP contribution in [0.5, 0.6) is 5.75 Å². The van der Waals surface area contributed by atoms with E-state index in [0.717, 1.165) is 39.3 Å². The number of hydrogen-bond acceptors (Lipinski definition) is 6. The van der Waals surface area contributed by atoms with Crippen LogP contribution < -0.4 is 15.5 Å². The van der Waals surface area contributed by atoms with Gasteiger partial charge in [0.05, 0.1) is 29.6 Å². The normalized spacial score (nSPS) is 14.6. The number of aryl methyl sites for hydroxylation is 2. The van der Waals surface area contributed by atoms with E-state index in [4.69, 9.17) is 12.2 Å². The van der Waals surface area contributed by atoms with Gasteiger partial charge in [0.1, 0.15) is 5.75 Å². The van der Waals surface area contributed by atoms with Crippen molar-refractivity contribution in [2.45, 2.75) is 32.5 Å². The van der Waals surface area contributed by atoms with Crippen molar-refractivity contribution >= 4 is 29.2 Å². The van der Waals surface area contributed by atoms with Crippen LogP contribution in [0, 0.1) is 13.8 Å². The number of thiocarbonyl (C=S) groups is 1. The first-order chi connectivity index (χ1) is 18.2. The third-order valence-corrected chi connectivity index (χ3v) is 6.33. The lowest BCUT2D eigenvalue weighted by atomic mass is 9.83. The van der Waals surface area contributed by atoms with Crippen molar-refractivity contribution in [3.63, 3.8) is 0 Å². The number of nitrogens with one attached hydrogen (secondary N) is 3. The zero-order valence-corrected chi connectivity index (χ0v) is 21.1. The summed E-state index contributed by atoms with van der Waals surface area (Å²) in [6.45, 7) is 3.98. The highest BCUT2D eigenvalue weighted by Gasteiger charge is 2.32. The van der Waals surface area contributed by atoms with Crippen LogP contribution in [-0.4, -0.2) is 37.6 Å². The number of nitrogens with zero attached hydrogens (tertiary/aromatic N) is 4. The molecule has 2 aromatic carbocycles. The van der Waals surface area contributed by atoms with Crippen LogP contribution in [0.1, 0.15) is 39.8 Å². The number of H-pyrrole nitrogens is 1. The van der Waals surface area contributed by atoms with E-state index in [0.29, 0.717) is 23.1 Å². The number of anilines is 1. The standard InChI is InChI=1S/C26H22F3N7OS/c1-14-4-3-5-15(2)22(14)35-25(38)36-33-12-21-30-11-19-20(34-21)10-18(23-24(19)32-13-31-23)16-6-8-17(9-7-16)37-26(27,28)29/h3-9,11-13,18H,10H2,1-2H3,(H,31,32)(H2,35,36,38)/b33-12+. The fraction of sp³-hybridized carbons (Fsp3) is 0.192. The van der Waals surface area contributed by atoms with Crippen LogP contribution >= 0.6 is 12.2 Å². The minimum Gasteiger partial charge on any atom is -0.406 e. The second kappa shape index (κ2) is 10.2. The van der Waals surface area contributed by atoms with E-state index in [2.05, 4.69) is 40.5 Å². The topological polar surface area (TPSA) is 100 Å². The summed E-state index contributed by atoms with van der Waals surface area (Å²) in [6.07, 6.45) is 0.486. The van der Waals surface area contributed by atoms with Gasteiger partial charge in [-0.15, -0.1) is 13.2 Å². The SMILES string of the molecule is Cc1cccc(C)c1NC(=S)N/N=C/c1ncc2c(n1)CC(c1ccc(OC(F)(F)F)cc1)c1[nH]cnc1-2. The van der Waals surface area contributed by atoms with Crippen molar-refractivity contribution in [3.8, 4) is 17.0 Å². The van der Waals surface area contributed by atoms with E-state index in [1.807, 2.05) is 32.0 Å². The summed E-state index contributed by atoms with van der Waals surface area (Å²) in [7, 11) is 0. The minimum absolute atomic E-state index is 0.188. The van der Waals surface area contributed by atoms with Gasteiger partial charge in [0.25, 0.3) is 0 Å². The van der Waals surface area contributed by atoms with Crippen LogP contribution in [0.15, 0.2) is 60.1 Å². The van der Waals surface area contributed by atoms with Crippen molar-refractivity contribution in [1.29, 1.82) is 0 Å². The van der Waals surface area contributed by atoms with Crippen molar-refractivity contribution in [3.05, 3.63) is 88.9 Å².